The van der Waals surface area contributed by atoms with Gasteiger partial charge in [-0.05, 0) is 44.0 Å². The van der Waals surface area contributed by atoms with Crippen LogP contribution in [-0.2, 0) is 0 Å². The highest BCUT2D eigenvalue weighted by molar-refractivity contribution is 5.27. The first-order valence-electron chi connectivity index (χ1n) is 5.95. The number of hydrogen-bond donors (Lipinski definition) is 2. The summed E-state index contributed by atoms with van der Waals surface area (Å²) in [5, 5.41) is 9.26. The largest absolute Gasteiger partial charge is 0.508 e. The van der Waals surface area contributed by atoms with Crippen LogP contribution in [-0.4, -0.2) is 29.1 Å². The van der Waals surface area contributed by atoms with E-state index in [0.717, 1.165) is 19.5 Å². The summed E-state index contributed by atoms with van der Waals surface area (Å²) in [7, 11) is 0. The zero-order chi connectivity index (χ0) is 11.5. The van der Waals surface area contributed by atoms with Gasteiger partial charge < -0.3 is 10.8 Å². The molecule has 1 aromatic carbocycles. The van der Waals surface area contributed by atoms with Gasteiger partial charge in [-0.2, -0.15) is 0 Å². The minimum absolute atomic E-state index is 0.313. The molecular weight excluding hydrogens is 200 g/mol. The van der Waals surface area contributed by atoms with E-state index in [2.05, 4.69) is 11.8 Å². The molecule has 2 unspecified atom stereocenters. The number of hydrogen-bond acceptors (Lipinski definition) is 3. The Kier molecular flexibility index (Phi) is 3.46. The average molecular weight is 220 g/mol. The number of rotatable bonds is 2. The van der Waals surface area contributed by atoms with Crippen LogP contribution in [0, 0.1) is 0 Å². The second-order valence-corrected chi connectivity index (χ2v) is 4.66. The van der Waals surface area contributed by atoms with Gasteiger partial charge >= 0.3 is 0 Å². The van der Waals surface area contributed by atoms with Crippen LogP contribution in [0.25, 0.3) is 0 Å². The van der Waals surface area contributed by atoms with Crippen LogP contribution in [0.3, 0.4) is 0 Å². The Morgan fingerprint density at radius 3 is 2.69 bits per heavy atom. The van der Waals surface area contributed by atoms with Crippen molar-refractivity contribution in [2.24, 2.45) is 5.73 Å². The van der Waals surface area contributed by atoms with Crippen molar-refractivity contribution in [2.75, 3.05) is 13.1 Å². The van der Waals surface area contributed by atoms with Crippen molar-refractivity contribution in [3.63, 3.8) is 0 Å². The van der Waals surface area contributed by atoms with Gasteiger partial charge in [-0.15, -0.1) is 0 Å². The zero-order valence-corrected chi connectivity index (χ0v) is 9.76. The normalized spacial score (nSPS) is 24.2. The number of phenolic OH excluding ortho intramolecular Hbond substituents is 1. The number of nitrogens with zero attached hydrogens (tertiary/aromatic N) is 1. The topological polar surface area (TPSA) is 49.5 Å². The fraction of sp³-hybridized carbons (Fsp3) is 0.538. The Morgan fingerprint density at radius 1 is 1.38 bits per heavy atom. The molecule has 3 heteroatoms. The van der Waals surface area contributed by atoms with Crippen molar-refractivity contribution >= 4 is 0 Å². The molecule has 0 aliphatic carbocycles. The molecule has 0 saturated carbocycles. The van der Waals surface area contributed by atoms with Crippen molar-refractivity contribution in [3.8, 4) is 5.75 Å². The van der Waals surface area contributed by atoms with Crippen LogP contribution < -0.4 is 5.73 Å². The first kappa shape index (κ1) is 11.4. The van der Waals surface area contributed by atoms with Crippen molar-refractivity contribution in [2.45, 2.75) is 31.8 Å². The number of likely N-dealkylation sites (tertiary alicyclic amines) is 1. The summed E-state index contributed by atoms with van der Waals surface area (Å²) in [4.78, 5) is 2.42. The van der Waals surface area contributed by atoms with Crippen LogP contribution >= 0.6 is 0 Å². The summed E-state index contributed by atoms with van der Waals surface area (Å²) in [6.45, 7) is 4.29. The maximum atomic E-state index is 9.26. The van der Waals surface area contributed by atoms with Gasteiger partial charge in [-0.3, -0.25) is 4.90 Å². The van der Waals surface area contributed by atoms with Crippen LogP contribution in [0.15, 0.2) is 24.3 Å². The maximum Gasteiger partial charge on any atom is 0.115 e. The molecule has 1 saturated heterocycles. The molecule has 0 spiro atoms. The third kappa shape index (κ3) is 2.54. The molecule has 16 heavy (non-hydrogen) atoms. The van der Waals surface area contributed by atoms with Crippen LogP contribution in [0.4, 0.5) is 0 Å². The minimum atomic E-state index is 0.313. The average Bonchev–Trinajstić information content (AvgIpc) is 2.29. The lowest BCUT2D eigenvalue weighted by Crippen LogP contribution is -2.43. The molecule has 0 amide bonds. The first-order chi connectivity index (χ1) is 7.66. The predicted molar refractivity (Wildman–Crippen MR) is 65.3 cm³/mol. The van der Waals surface area contributed by atoms with Gasteiger partial charge in [0.15, 0.2) is 0 Å². The fourth-order valence-corrected chi connectivity index (χ4v) is 2.36. The minimum Gasteiger partial charge on any atom is -0.508 e. The Bertz CT molecular complexity index is 336. The highest BCUT2D eigenvalue weighted by Gasteiger charge is 2.21. The molecule has 1 aliphatic heterocycles. The SMILES string of the molecule is CC(c1ccc(O)cc1)N1CCCC(N)C1. The van der Waals surface area contributed by atoms with Gasteiger partial charge in [-0.25, -0.2) is 0 Å². The van der Waals surface area contributed by atoms with E-state index >= 15 is 0 Å². The molecule has 1 aromatic rings. The summed E-state index contributed by atoms with van der Waals surface area (Å²) in [6, 6.07) is 8.16. The lowest BCUT2D eigenvalue weighted by molar-refractivity contribution is 0.159. The lowest BCUT2D eigenvalue weighted by Gasteiger charge is -2.35. The van der Waals surface area contributed by atoms with E-state index in [1.165, 1.54) is 12.0 Å². The van der Waals surface area contributed by atoms with E-state index in [1.807, 2.05) is 12.1 Å². The highest BCUT2D eigenvalue weighted by atomic mass is 16.3. The standard InChI is InChI=1S/C13H20N2O/c1-10(11-4-6-13(16)7-5-11)15-8-2-3-12(14)9-15/h4-7,10,12,16H,2-3,8-9,14H2,1H3. The molecule has 2 rings (SSSR count). The number of nitrogens with two attached hydrogens (primary N) is 1. The van der Waals surface area contributed by atoms with Crippen molar-refractivity contribution in [1.82, 2.24) is 4.90 Å². The maximum absolute atomic E-state index is 9.26. The molecule has 0 radical (unpaired) electrons. The fourth-order valence-electron chi connectivity index (χ4n) is 2.36. The van der Waals surface area contributed by atoms with Gasteiger partial charge in [0.05, 0.1) is 0 Å². The van der Waals surface area contributed by atoms with Gasteiger partial charge in [0.1, 0.15) is 5.75 Å². The smallest absolute Gasteiger partial charge is 0.115 e. The van der Waals surface area contributed by atoms with Crippen molar-refractivity contribution < 1.29 is 5.11 Å². The summed E-state index contributed by atoms with van der Waals surface area (Å²) in [5.74, 6) is 0.325. The molecule has 0 aromatic heterocycles. The summed E-state index contributed by atoms with van der Waals surface area (Å²) < 4.78 is 0. The second kappa shape index (κ2) is 4.85. The monoisotopic (exact) mass is 220 g/mol. The van der Waals surface area contributed by atoms with Crippen molar-refractivity contribution in [1.29, 1.82) is 0 Å². The van der Waals surface area contributed by atoms with Crippen LogP contribution in [0.1, 0.15) is 31.4 Å². The van der Waals surface area contributed by atoms with Crippen molar-refractivity contribution in [3.05, 3.63) is 29.8 Å². The highest BCUT2D eigenvalue weighted by Crippen LogP contribution is 2.24. The van der Waals surface area contributed by atoms with E-state index in [9.17, 15) is 5.11 Å². The molecule has 2 atom stereocenters. The van der Waals surface area contributed by atoms with Gasteiger partial charge in [0.25, 0.3) is 0 Å². The lowest BCUT2D eigenvalue weighted by atomic mass is 10.0. The molecule has 1 aliphatic rings. The molecule has 3 nitrogen and oxygen atoms in total. The van der Waals surface area contributed by atoms with Gasteiger partial charge in [0.2, 0.25) is 0 Å². The van der Waals surface area contributed by atoms with Gasteiger partial charge in [0, 0.05) is 18.6 Å². The van der Waals surface area contributed by atoms with E-state index in [-0.39, 0.29) is 0 Å². The third-order valence-corrected chi connectivity index (χ3v) is 3.41. The number of phenols is 1. The first-order valence-corrected chi connectivity index (χ1v) is 5.95. The summed E-state index contributed by atoms with van der Waals surface area (Å²) in [5.41, 5.74) is 7.23. The zero-order valence-electron chi connectivity index (χ0n) is 9.76. The van der Waals surface area contributed by atoms with Gasteiger partial charge in [-0.1, -0.05) is 12.1 Å². The molecule has 1 fully saturated rings. The van der Waals surface area contributed by atoms with Crippen LogP contribution in [0.2, 0.25) is 0 Å². The number of aromatic hydroxyl groups is 1. The Labute approximate surface area is 96.9 Å². The Balaban J connectivity index is 2.06. The predicted octanol–water partition coefficient (Wildman–Crippen LogP) is 1.88. The number of benzene rings is 1. The molecule has 88 valence electrons. The Morgan fingerprint density at radius 2 is 2.06 bits per heavy atom. The molecule has 0 bridgehead atoms. The van der Waals surface area contributed by atoms with E-state index < -0.39 is 0 Å². The second-order valence-electron chi connectivity index (χ2n) is 4.66. The van der Waals surface area contributed by atoms with Crippen LogP contribution in [0.5, 0.6) is 5.75 Å². The summed E-state index contributed by atoms with van der Waals surface area (Å²) in [6.07, 6.45) is 2.32. The molecule has 3 N–H and O–H groups in total. The quantitative estimate of drug-likeness (QED) is 0.800. The van der Waals surface area contributed by atoms with E-state index in [1.54, 1.807) is 12.1 Å². The third-order valence-electron chi connectivity index (χ3n) is 3.41. The molecule has 1 heterocycles. The van der Waals surface area contributed by atoms with E-state index in [0.29, 0.717) is 17.8 Å². The van der Waals surface area contributed by atoms with E-state index in [4.69, 9.17) is 5.73 Å². The Hall–Kier alpha value is -1.06. The number of piperidine rings is 1. The summed E-state index contributed by atoms with van der Waals surface area (Å²) >= 11 is 0. The molecular formula is C13H20N2O.